The van der Waals surface area contributed by atoms with Crippen molar-refractivity contribution < 1.29 is 24.5 Å². The Labute approximate surface area is 507 Å². The van der Waals surface area contributed by atoms with E-state index in [-0.39, 0.29) is 18.5 Å². The van der Waals surface area contributed by atoms with Crippen LogP contribution in [0.1, 0.15) is 418 Å². The van der Waals surface area contributed by atoms with Gasteiger partial charge in [0.1, 0.15) is 0 Å². The minimum Gasteiger partial charge on any atom is -0.466 e. The lowest BCUT2D eigenvalue weighted by Gasteiger charge is -2.20. The Morgan fingerprint density at radius 2 is 0.593 bits per heavy atom. The van der Waals surface area contributed by atoms with Gasteiger partial charge < -0.3 is 20.3 Å². The predicted molar refractivity (Wildman–Crippen MR) is 356 cm³/mol. The lowest BCUT2D eigenvalue weighted by Crippen LogP contribution is -2.45. The predicted octanol–water partition coefficient (Wildman–Crippen LogP) is 24.1. The molecule has 0 fully saturated rings. The number of hydrogen-bond acceptors (Lipinski definition) is 5. The second-order valence-electron chi connectivity index (χ2n) is 25.6. The quantitative estimate of drug-likeness (QED) is 0.0320. The van der Waals surface area contributed by atoms with Crippen LogP contribution in [0.4, 0.5) is 0 Å². The molecule has 0 aliphatic carbocycles. The fourth-order valence-electron chi connectivity index (χ4n) is 11.8. The van der Waals surface area contributed by atoms with Crippen LogP contribution >= 0.6 is 0 Å². The molecule has 2 unspecified atom stereocenters. The zero-order chi connectivity index (χ0) is 58.5. The zero-order valence-corrected chi connectivity index (χ0v) is 55.0. The lowest BCUT2D eigenvalue weighted by atomic mass is 10.0. The van der Waals surface area contributed by atoms with Gasteiger partial charge in [-0.1, -0.05) is 378 Å². The Morgan fingerprint density at radius 3 is 0.914 bits per heavy atom. The van der Waals surface area contributed by atoms with Crippen LogP contribution in [-0.4, -0.2) is 47.4 Å². The van der Waals surface area contributed by atoms with Crippen molar-refractivity contribution >= 4 is 11.9 Å². The Kier molecular flexibility index (Phi) is 69.4. The van der Waals surface area contributed by atoms with Crippen LogP contribution < -0.4 is 5.32 Å². The molecule has 6 heteroatoms. The van der Waals surface area contributed by atoms with Crippen molar-refractivity contribution in [3.8, 4) is 0 Å². The van der Waals surface area contributed by atoms with Gasteiger partial charge in [-0.25, -0.2) is 0 Å². The summed E-state index contributed by atoms with van der Waals surface area (Å²) in [6.07, 6.45) is 90.1. The molecule has 2 atom stereocenters. The van der Waals surface area contributed by atoms with Crippen molar-refractivity contribution in [1.82, 2.24) is 5.32 Å². The summed E-state index contributed by atoms with van der Waals surface area (Å²) >= 11 is 0. The molecule has 0 aliphatic heterocycles. The summed E-state index contributed by atoms with van der Waals surface area (Å²) in [6, 6.07) is -0.623. The number of aliphatic hydroxyl groups is 2. The summed E-state index contributed by atoms with van der Waals surface area (Å²) in [5.41, 5.74) is 0. The number of unbranched alkanes of at least 4 members (excludes halogenated alkanes) is 57. The third kappa shape index (κ3) is 67.3. The van der Waals surface area contributed by atoms with Crippen LogP contribution in [0, 0.1) is 0 Å². The minimum atomic E-state index is -0.840. The molecule has 3 N–H and O–H groups in total. The Morgan fingerprint density at radius 1 is 0.333 bits per heavy atom. The fraction of sp³-hybridized carbons (Fsp3) is 0.920. The zero-order valence-electron chi connectivity index (χ0n) is 55.0. The summed E-state index contributed by atoms with van der Waals surface area (Å²) < 4.78 is 5.47. The van der Waals surface area contributed by atoms with Gasteiger partial charge >= 0.3 is 5.97 Å². The van der Waals surface area contributed by atoms with Gasteiger partial charge in [0, 0.05) is 12.8 Å². The lowest BCUT2D eigenvalue weighted by molar-refractivity contribution is -0.143. The number of carbonyl (C=O) groups is 2. The second kappa shape index (κ2) is 70.8. The van der Waals surface area contributed by atoms with Gasteiger partial charge in [0.25, 0.3) is 0 Å². The van der Waals surface area contributed by atoms with E-state index in [2.05, 4.69) is 31.3 Å². The SMILES string of the molecule is CCCC/C=C\CCCCCCCC(=O)OCCCCCCCCCCCCCCCCCCCCCCCCCCCCCCCCCCCCCCCC(=O)NC(CO)C(O)/C=C/CCCCCCCCCCCCCCCC. The average molecular weight is 1140 g/mol. The number of amides is 1. The highest BCUT2D eigenvalue weighted by atomic mass is 16.5. The molecule has 0 heterocycles. The van der Waals surface area contributed by atoms with E-state index in [1.165, 1.54) is 347 Å². The van der Waals surface area contributed by atoms with Gasteiger partial charge in [-0.3, -0.25) is 9.59 Å². The molecule has 6 nitrogen and oxygen atoms in total. The van der Waals surface area contributed by atoms with E-state index in [0.29, 0.717) is 19.4 Å². The average Bonchev–Trinajstić information content (AvgIpc) is 3.47. The molecule has 0 rings (SSSR count). The number of allylic oxidation sites excluding steroid dienone is 3. The van der Waals surface area contributed by atoms with Gasteiger partial charge in [-0.05, 0) is 51.4 Å². The van der Waals surface area contributed by atoms with Crippen LogP contribution in [0.15, 0.2) is 24.3 Å². The van der Waals surface area contributed by atoms with Crippen molar-refractivity contribution in [2.24, 2.45) is 0 Å². The summed E-state index contributed by atoms with van der Waals surface area (Å²) in [4.78, 5) is 24.5. The van der Waals surface area contributed by atoms with Crippen LogP contribution in [-0.2, 0) is 14.3 Å². The molecule has 0 bridgehead atoms. The number of rotatable bonds is 70. The maximum atomic E-state index is 12.5. The molecule has 0 radical (unpaired) electrons. The van der Waals surface area contributed by atoms with Crippen molar-refractivity contribution in [3.63, 3.8) is 0 Å². The number of hydrogen-bond donors (Lipinski definition) is 3. The first-order valence-corrected chi connectivity index (χ1v) is 37.1. The maximum absolute atomic E-state index is 12.5. The number of ether oxygens (including phenoxy) is 1. The number of aliphatic hydroxyl groups excluding tert-OH is 2. The van der Waals surface area contributed by atoms with Gasteiger partial charge in [-0.2, -0.15) is 0 Å². The molecule has 0 aromatic rings. The van der Waals surface area contributed by atoms with Crippen molar-refractivity contribution in [2.75, 3.05) is 13.2 Å². The molecule has 0 aromatic heterocycles. The van der Waals surface area contributed by atoms with E-state index in [1.807, 2.05) is 6.08 Å². The maximum Gasteiger partial charge on any atom is 0.305 e. The molecular weight excluding hydrogens is 995 g/mol. The third-order valence-electron chi connectivity index (χ3n) is 17.5. The Bertz CT molecular complexity index is 1270. The van der Waals surface area contributed by atoms with Gasteiger partial charge in [0.15, 0.2) is 0 Å². The summed E-state index contributed by atoms with van der Waals surface area (Å²) in [5, 5.41) is 23.2. The van der Waals surface area contributed by atoms with Crippen molar-refractivity contribution in [1.29, 1.82) is 0 Å². The summed E-state index contributed by atoms with van der Waals surface area (Å²) in [6.45, 7) is 4.90. The molecule has 0 spiro atoms. The van der Waals surface area contributed by atoms with E-state index in [9.17, 15) is 19.8 Å². The van der Waals surface area contributed by atoms with Crippen molar-refractivity contribution in [3.05, 3.63) is 24.3 Å². The highest BCUT2D eigenvalue weighted by Crippen LogP contribution is 2.19. The molecular formula is C75H145NO5. The molecule has 81 heavy (non-hydrogen) atoms. The Balaban J connectivity index is 3.31. The van der Waals surface area contributed by atoms with E-state index in [4.69, 9.17) is 4.74 Å². The van der Waals surface area contributed by atoms with E-state index in [1.54, 1.807) is 6.08 Å². The topological polar surface area (TPSA) is 95.9 Å². The second-order valence-corrected chi connectivity index (χ2v) is 25.6. The van der Waals surface area contributed by atoms with Crippen LogP contribution in [0.2, 0.25) is 0 Å². The van der Waals surface area contributed by atoms with E-state index in [0.717, 1.165) is 44.9 Å². The highest BCUT2D eigenvalue weighted by molar-refractivity contribution is 5.76. The van der Waals surface area contributed by atoms with E-state index >= 15 is 0 Å². The molecule has 0 saturated carbocycles. The molecule has 0 aromatic carbocycles. The number of nitrogens with one attached hydrogen (secondary N) is 1. The standard InChI is InChI=1S/C75H145NO5/c1-3-5-7-9-11-13-15-16-17-41-44-48-51-55-59-63-67-73(78)72(71-77)76-74(79)68-64-60-56-52-49-45-42-39-37-35-33-31-29-27-25-23-21-19-18-20-22-24-26-28-30-32-34-36-38-40-43-46-50-54-58-62-66-70-81-75(80)69-65-61-57-53-47-14-12-10-8-6-4-2/h10,12,63,67,72-73,77-78H,3-9,11,13-62,64-66,68-71H2,1-2H3,(H,76,79)/b12-10-,67-63+. The first-order valence-electron chi connectivity index (χ1n) is 37.1. The monoisotopic (exact) mass is 1140 g/mol. The van der Waals surface area contributed by atoms with Crippen LogP contribution in [0.5, 0.6) is 0 Å². The summed E-state index contributed by atoms with van der Waals surface area (Å²) in [5.74, 6) is -0.0465. The summed E-state index contributed by atoms with van der Waals surface area (Å²) in [7, 11) is 0. The first-order chi connectivity index (χ1) is 40.0. The molecule has 1 amide bonds. The van der Waals surface area contributed by atoms with Crippen molar-refractivity contribution in [2.45, 2.75) is 431 Å². The molecule has 480 valence electrons. The van der Waals surface area contributed by atoms with Crippen LogP contribution in [0.3, 0.4) is 0 Å². The highest BCUT2D eigenvalue weighted by Gasteiger charge is 2.18. The molecule has 0 aliphatic rings. The molecule has 0 saturated heterocycles. The number of esters is 1. The normalized spacial score (nSPS) is 12.6. The van der Waals surface area contributed by atoms with Gasteiger partial charge in [0.2, 0.25) is 5.91 Å². The van der Waals surface area contributed by atoms with Gasteiger partial charge in [-0.15, -0.1) is 0 Å². The van der Waals surface area contributed by atoms with E-state index < -0.39 is 12.1 Å². The third-order valence-corrected chi connectivity index (χ3v) is 17.5. The van der Waals surface area contributed by atoms with Gasteiger partial charge in [0.05, 0.1) is 25.4 Å². The largest absolute Gasteiger partial charge is 0.466 e. The Hall–Kier alpha value is -1.66. The minimum absolute atomic E-state index is 0.0125. The van der Waals surface area contributed by atoms with Crippen LogP contribution in [0.25, 0.3) is 0 Å². The smallest absolute Gasteiger partial charge is 0.305 e. The number of carbonyl (C=O) groups excluding carboxylic acids is 2. The first kappa shape index (κ1) is 79.3. The fourth-order valence-corrected chi connectivity index (χ4v) is 11.8.